The number of carboxylic acids is 1. The highest BCUT2D eigenvalue weighted by Gasteiger charge is 2.40. The Labute approximate surface area is 140 Å². The van der Waals surface area contributed by atoms with Crippen molar-refractivity contribution in [3.05, 3.63) is 64.2 Å². The third-order valence-electron chi connectivity index (χ3n) is 4.81. The third kappa shape index (κ3) is 2.93. The van der Waals surface area contributed by atoms with Crippen molar-refractivity contribution in [2.75, 3.05) is 7.11 Å². The van der Waals surface area contributed by atoms with Crippen LogP contribution in [0.2, 0.25) is 5.02 Å². The van der Waals surface area contributed by atoms with Crippen LogP contribution in [0.4, 0.5) is 0 Å². The summed E-state index contributed by atoms with van der Waals surface area (Å²) in [5, 5.41) is 9.90. The molecule has 1 N–H and O–H groups in total. The Hall–Kier alpha value is -2.00. The van der Waals surface area contributed by atoms with Gasteiger partial charge in [-0.15, -0.1) is 0 Å². The monoisotopic (exact) mass is 330 g/mol. The maximum atomic E-state index is 11.2. The molecule has 1 unspecified atom stereocenters. The van der Waals surface area contributed by atoms with Crippen molar-refractivity contribution in [3.63, 3.8) is 0 Å². The van der Waals surface area contributed by atoms with Gasteiger partial charge in [-0.25, -0.2) is 0 Å². The normalized spacial score (nSPS) is 19.4. The van der Waals surface area contributed by atoms with Gasteiger partial charge < -0.3 is 9.84 Å². The van der Waals surface area contributed by atoms with E-state index in [0.717, 1.165) is 29.2 Å². The zero-order valence-electron chi connectivity index (χ0n) is 13.0. The average molecular weight is 331 g/mol. The van der Waals surface area contributed by atoms with E-state index in [4.69, 9.17) is 21.4 Å². The molecule has 0 bridgehead atoms. The minimum absolute atomic E-state index is 0.147. The first kappa shape index (κ1) is 15.9. The molecule has 3 nitrogen and oxygen atoms in total. The van der Waals surface area contributed by atoms with Crippen molar-refractivity contribution in [1.82, 2.24) is 0 Å². The highest BCUT2D eigenvalue weighted by Crippen LogP contribution is 2.48. The van der Waals surface area contributed by atoms with Crippen LogP contribution in [0.25, 0.3) is 0 Å². The van der Waals surface area contributed by atoms with E-state index in [1.54, 1.807) is 7.11 Å². The molecule has 1 aliphatic rings. The number of carbonyl (C=O) groups is 1. The van der Waals surface area contributed by atoms with E-state index < -0.39 is 5.97 Å². The van der Waals surface area contributed by atoms with Crippen LogP contribution in [0.1, 0.15) is 36.0 Å². The fourth-order valence-corrected chi connectivity index (χ4v) is 3.85. The summed E-state index contributed by atoms with van der Waals surface area (Å²) in [4.78, 5) is 11.2. The van der Waals surface area contributed by atoms with Gasteiger partial charge in [0.1, 0.15) is 5.75 Å². The zero-order chi connectivity index (χ0) is 16.4. The highest BCUT2D eigenvalue weighted by molar-refractivity contribution is 6.30. The molecule has 1 atom stereocenters. The number of rotatable bonds is 5. The molecule has 2 aromatic rings. The number of fused-ring (bicyclic) bond motifs is 1. The van der Waals surface area contributed by atoms with Crippen LogP contribution in [0.15, 0.2) is 42.5 Å². The minimum atomic E-state index is -0.764. The van der Waals surface area contributed by atoms with Gasteiger partial charge in [0.15, 0.2) is 0 Å². The van der Waals surface area contributed by atoms with Gasteiger partial charge in [0.05, 0.1) is 7.11 Å². The van der Waals surface area contributed by atoms with Crippen LogP contribution in [0.5, 0.6) is 5.75 Å². The minimum Gasteiger partial charge on any atom is -0.497 e. The first-order valence-corrected chi connectivity index (χ1v) is 8.08. The lowest BCUT2D eigenvalue weighted by molar-refractivity contribution is -0.137. The predicted octanol–water partition coefficient (Wildman–Crippen LogP) is 4.45. The van der Waals surface area contributed by atoms with Crippen LogP contribution in [0.3, 0.4) is 0 Å². The molecule has 120 valence electrons. The van der Waals surface area contributed by atoms with Crippen LogP contribution in [-0.4, -0.2) is 18.2 Å². The van der Waals surface area contributed by atoms with Crippen molar-refractivity contribution in [2.45, 2.75) is 31.1 Å². The summed E-state index contributed by atoms with van der Waals surface area (Å²) in [7, 11) is 1.64. The number of benzene rings is 2. The largest absolute Gasteiger partial charge is 0.497 e. The topological polar surface area (TPSA) is 46.5 Å². The summed E-state index contributed by atoms with van der Waals surface area (Å²) in [6.45, 7) is 0. The molecule has 4 heteroatoms. The highest BCUT2D eigenvalue weighted by atomic mass is 35.5. The van der Waals surface area contributed by atoms with Gasteiger partial charge >= 0.3 is 5.97 Å². The fourth-order valence-electron chi connectivity index (χ4n) is 3.65. The molecule has 2 aromatic carbocycles. The van der Waals surface area contributed by atoms with Crippen molar-refractivity contribution in [3.8, 4) is 5.75 Å². The Morgan fingerprint density at radius 2 is 2.00 bits per heavy atom. The summed E-state index contributed by atoms with van der Waals surface area (Å²) in [6, 6.07) is 13.9. The summed E-state index contributed by atoms with van der Waals surface area (Å²) in [5.74, 6) is 0.0387. The summed E-state index contributed by atoms with van der Waals surface area (Å²) in [5.41, 5.74) is 3.30. The molecule has 0 spiro atoms. The van der Waals surface area contributed by atoms with Gasteiger partial charge in [0, 0.05) is 16.9 Å². The molecule has 0 fully saturated rings. The molecule has 0 aliphatic heterocycles. The molecule has 1 aliphatic carbocycles. The number of halogens is 1. The lowest BCUT2D eigenvalue weighted by Gasteiger charge is -2.31. The van der Waals surface area contributed by atoms with E-state index >= 15 is 0 Å². The predicted molar refractivity (Wildman–Crippen MR) is 90.4 cm³/mol. The molecule has 3 rings (SSSR count). The molecule has 0 saturated heterocycles. The lowest BCUT2D eigenvalue weighted by Crippen LogP contribution is -2.26. The van der Waals surface area contributed by atoms with E-state index in [0.29, 0.717) is 6.42 Å². The Bertz CT molecular complexity index is 724. The summed E-state index contributed by atoms with van der Waals surface area (Å²) in [6.07, 6.45) is 2.56. The molecule has 0 amide bonds. The number of ether oxygens (including phenoxy) is 1. The Kier molecular flexibility index (Phi) is 4.31. The quantitative estimate of drug-likeness (QED) is 0.881. The van der Waals surface area contributed by atoms with Crippen molar-refractivity contribution < 1.29 is 14.6 Å². The number of methoxy groups -OCH3 is 1. The number of hydrogen-bond donors (Lipinski definition) is 1. The molecule has 0 radical (unpaired) electrons. The van der Waals surface area contributed by atoms with Gasteiger partial charge in [0.2, 0.25) is 0 Å². The number of carboxylic acid groups (broad SMARTS) is 1. The maximum absolute atomic E-state index is 11.2. The Morgan fingerprint density at radius 3 is 2.65 bits per heavy atom. The van der Waals surface area contributed by atoms with Crippen molar-refractivity contribution >= 4 is 17.6 Å². The molecule has 0 heterocycles. The van der Waals surface area contributed by atoms with Crippen LogP contribution in [0, 0.1) is 0 Å². The fraction of sp³-hybridized carbons (Fsp3) is 0.316. The van der Waals surface area contributed by atoms with Gasteiger partial charge in [-0.2, -0.15) is 0 Å². The smallest absolute Gasteiger partial charge is 0.303 e. The number of aryl methyl sites for hydroxylation is 1. The first-order valence-electron chi connectivity index (χ1n) is 7.70. The second-order valence-electron chi connectivity index (χ2n) is 6.01. The average Bonchev–Trinajstić information content (AvgIpc) is 2.92. The second-order valence-corrected chi connectivity index (χ2v) is 6.44. The van der Waals surface area contributed by atoms with E-state index in [1.807, 2.05) is 36.4 Å². The summed E-state index contributed by atoms with van der Waals surface area (Å²) < 4.78 is 5.24. The van der Waals surface area contributed by atoms with E-state index in [1.165, 1.54) is 11.1 Å². The Morgan fingerprint density at radius 1 is 1.26 bits per heavy atom. The van der Waals surface area contributed by atoms with Crippen LogP contribution in [-0.2, 0) is 16.6 Å². The van der Waals surface area contributed by atoms with Crippen molar-refractivity contribution in [2.24, 2.45) is 0 Å². The van der Waals surface area contributed by atoms with Gasteiger partial charge in [0.25, 0.3) is 0 Å². The molecule has 23 heavy (non-hydrogen) atoms. The maximum Gasteiger partial charge on any atom is 0.303 e. The zero-order valence-corrected chi connectivity index (χ0v) is 13.8. The number of aliphatic carboxylic acids is 1. The molecular weight excluding hydrogens is 312 g/mol. The molecule has 0 aromatic heterocycles. The van der Waals surface area contributed by atoms with Gasteiger partial charge in [-0.3, -0.25) is 4.79 Å². The van der Waals surface area contributed by atoms with Crippen molar-refractivity contribution in [1.29, 1.82) is 0 Å². The third-order valence-corrected chi connectivity index (χ3v) is 5.05. The van der Waals surface area contributed by atoms with E-state index in [9.17, 15) is 4.79 Å². The van der Waals surface area contributed by atoms with E-state index in [2.05, 4.69) is 6.07 Å². The molecular formula is C19H19ClO3. The lowest BCUT2D eigenvalue weighted by atomic mass is 9.72. The van der Waals surface area contributed by atoms with Gasteiger partial charge in [-0.1, -0.05) is 29.8 Å². The number of hydrogen-bond acceptors (Lipinski definition) is 2. The first-order chi connectivity index (χ1) is 11.0. The van der Waals surface area contributed by atoms with Crippen LogP contribution < -0.4 is 4.74 Å². The van der Waals surface area contributed by atoms with E-state index in [-0.39, 0.29) is 11.8 Å². The second kappa shape index (κ2) is 6.25. The molecule has 0 saturated carbocycles. The Balaban J connectivity index is 2.07. The van der Waals surface area contributed by atoms with Crippen LogP contribution >= 0.6 is 11.6 Å². The standard InChI is InChI=1S/C19H19ClO3/c1-23-16-5-2-14(3-6-16)19(11-9-18(21)22)10-8-13-12-15(20)4-7-17(13)19/h2-7,12H,8-11H2,1H3,(H,21,22). The summed E-state index contributed by atoms with van der Waals surface area (Å²) >= 11 is 6.12. The SMILES string of the molecule is COc1ccc(C2(CCC(=O)O)CCc3cc(Cl)ccc32)cc1. The van der Waals surface area contributed by atoms with Gasteiger partial charge in [-0.05, 0) is 60.2 Å².